The van der Waals surface area contributed by atoms with Gasteiger partial charge in [-0.3, -0.25) is 0 Å². The third-order valence-corrected chi connectivity index (χ3v) is 5.55. The molecule has 0 saturated heterocycles. The third-order valence-electron chi connectivity index (χ3n) is 3.41. The lowest BCUT2D eigenvalue weighted by Gasteiger charge is -2.08. The number of hydrogen-bond donors (Lipinski definition) is 1. The van der Waals surface area contributed by atoms with Gasteiger partial charge in [0.2, 0.25) is 0 Å². The summed E-state index contributed by atoms with van der Waals surface area (Å²) in [5.41, 5.74) is 0. The fraction of sp³-hybridized carbons (Fsp3) is 0.692. The van der Waals surface area contributed by atoms with Crippen molar-refractivity contribution in [3.63, 3.8) is 0 Å². The van der Waals surface area contributed by atoms with E-state index in [2.05, 4.69) is 34.2 Å². The fourth-order valence-corrected chi connectivity index (χ4v) is 3.99. The number of rotatable bonds is 5. The lowest BCUT2D eigenvalue weighted by molar-refractivity contribution is 0.478. The molecule has 0 radical (unpaired) electrons. The number of thiophene rings is 1. The van der Waals surface area contributed by atoms with E-state index in [1.54, 1.807) is 0 Å². The minimum atomic E-state index is 1.00. The van der Waals surface area contributed by atoms with E-state index in [9.17, 15) is 0 Å². The predicted molar refractivity (Wildman–Crippen MR) is 75.0 cm³/mol. The number of aryl methyl sites for hydroxylation is 1. The molecule has 1 aliphatic carbocycles. The summed E-state index contributed by atoms with van der Waals surface area (Å²) in [5.74, 6) is 1.00. The van der Waals surface area contributed by atoms with Crippen molar-refractivity contribution >= 4 is 27.3 Å². The van der Waals surface area contributed by atoms with Gasteiger partial charge in [0.05, 0.1) is 0 Å². The molecule has 0 atom stereocenters. The van der Waals surface area contributed by atoms with Crippen LogP contribution < -0.4 is 5.32 Å². The normalized spacial score (nSPS) is 17.1. The van der Waals surface area contributed by atoms with Crippen molar-refractivity contribution in [2.45, 2.75) is 45.6 Å². The Kier molecular flexibility index (Phi) is 4.86. The molecule has 1 nitrogen and oxygen atoms in total. The summed E-state index contributed by atoms with van der Waals surface area (Å²) in [6, 6.07) is 2.24. The van der Waals surface area contributed by atoms with Crippen LogP contribution in [0.1, 0.15) is 41.9 Å². The van der Waals surface area contributed by atoms with Gasteiger partial charge in [0.15, 0.2) is 0 Å². The first-order chi connectivity index (χ1) is 7.75. The fourth-order valence-electron chi connectivity index (χ4n) is 2.42. The highest BCUT2D eigenvalue weighted by molar-refractivity contribution is 9.10. The van der Waals surface area contributed by atoms with Crippen molar-refractivity contribution in [2.24, 2.45) is 5.92 Å². The Morgan fingerprint density at radius 3 is 2.81 bits per heavy atom. The summed E-state index contributed by atoms with van der Waals surface area (Å²) >= 11 is 5.45. The Morgan fingerprint density at radius 2 is 2.19 bits per heavy atom. The van der Waals surface area contributed by atoms with E-state index in [1.165, 1.54) is 52.9 Å². The van der Waals surface area contributed by atoms with Crippen molar-refractivity contribution in [3.8, 4) is 0 Å². The molecular weight excluding hydrogens is 282 g/mol. The molecule has 0 spiro atoms. The molecular formula is C13H20BrNS. The topological polar surface area (TPSA) is 12.0 Å². The molecule has 16 heavy (non-hydrogen) atoms. The lowest BCUT2D eigenvalue weighted by Crippen LogP contribution is -2.16. The first-order valence-corrected chi connectivity index (χ1v) is 7.82. The molecule has 0 bridgehead atoms. The molecule has 0 amide bonds. The van der Waals surface area contributed by atoms with Gasteiger partial charge in [-0.15, -0.1) is 11.3 Å². The van der Waals surface area contributed by atoms with Gasteiger partial charge in [0.1, 0.15) is 0 Å². The smallest absolute Gasteiger partial charge is 0.0314 e. The molecule has 1 N–H and O–H groups in total. The minimum absolute atomic E-state index is 1.00. The summed E-state index contributed by atoms with van der Waals surface area (Å²) in [6.07, 6.45) is 7.21. The quantitative estimate of drug-likeness (QED) is 0.790. The average molecular weight is 302 g/mol. The van der Waals surface area contributed by atoms with Crippen molar-refractivity contribution in [1.29, 1.82) is 0 Å². The zero-order valence-corrected chi connectivity index (χ0v) is 12.3. The maximum Gasteiger partial charge on any atom is 0.0314 e. The van der Waals surface area contributed by atoms with Crippen LogP contribution in [0.3, 0.4) is 0 Å². The average Bonchev–Trinajstić information content (AvgIpc) is 2.85. The van der Waals surface area contributed by atoms with E-state index in [0.717, 1.165) is 12.5 Å². The van der Waals surface area contributed by atoms with E-state index in [4.69, 9.17) is 0 Å². The highest BCUT2D eigenvalue weighted by Gasteiger charge is 2.13. The molecule has 3 heteroatoms. The Labute approximate surface area is 111 Å². The van der Waals surface area contributed by atoms with E-state index in [-0.39, 0.29) is 0 Å². The number of halogens is 1. The van der Waals surface area contributed by atoms with Crippen LogP contribution in [0.15, 0.2) is 10.5 Å². The monoisotopic (exact) mass is 301 g/mol. The Bertz CT molecular complexity index is 309. The van der Waals surface area contributed by atoms with Gasteiger partial charge in [0.25, 0.3) is 0 Å². The van der Waals surface area contributed by atoms with Gasteiger partial charge < -0.3 is 5.32 Å². The highest BCUT2D eigenvalue weighted by Crippen LogP contribution is 2.28. The van der Waals surface area contributed by atoms with Gasteiger partial charge in [-0.2, -0.15) is 0 Å². The zero-order valence-electron chi connectivity index (χ0n) is 9.89. The Hall–Kier alpha value is 0.140. The molecule has 0 aliphatic heterocycles. The van der Waals surface area contributed by atoms with Gasteiger partial charge in [-0.1, -0.05) is 25.7 Å². The second-order valence-corrected chi connectivity index (χ2v) is 6.93. The molecule has 90 valence electrons. The standard InChI is InChI=1S/C13H20BrNS/c1-10-13(14)8-12(16-10)9-15-7-6-11-4-2-3-5-11/h8,11,15H,2-7,9H2,1H3. The maximum absolute atomic E-state index is 3.56. The number of hydrogen-bond acceptors (Lipinski definition) is 2. The number of nitrogens with one attached hydrogen (secondary N) is 1. The predicted octanol–water partition coefficient (Wildman–Crippen LogP) is 4.49. The van der Waals surface area contributed by atoms with Crippen LogP contribution in [-0.4, -0.2) is 6.54 Å². The molecule has 0 aromatic carbocycles. The molecule has 1 aliphatic rings. The SMILES string of the molecule is Cc1sc(CNCCC2CCCC2)cc1Br. The van der Waals surface area contributed by atoms with E-state index in [1.807, 2.05) is 11.3 Å². The Morgan fingerprint density at radius 1 is 1.44 bits per heavy atom. The molecule has 1 fully saturated rings. The van der Waals surface area contributed by atoms with Gasteiger partial charge in [-0.05, 0) is 47.8 Å². The second kappa shape index (κ2) is 6.18. The van der Waals surface area contributed by atoms with Crippen LogP contribution in [-0.2, 0) is 6.54 Å². The third kappa shape index (κ3) is 3.57. The van der Waals surface area contributed by atoms with Crippen LogP contribution in [0, 0.1) is 12.8 Å². The second-order valence-electron chi connectivity index (χ2n) is 4.73. The van der Waals surface area contributed by atoms with Crippen LogP contribution in [0.4, 0.5) is 0 Å². The van der Waals surface area contributed by atoms with Crippen molar-refractivity contribution in [3.05, 3.63) is 20.3 Å². The van der Waals surface area contributed by atoms with Gasteiger partial charge in [-0.25, -0.2) is 0 Å². The van der Waals surface area contributed by atoms with Crippen molar-refractivity contribution < 1.29 is 0 Å². The van der Waals surface area contributed by atoms with E-state index < -0.39 is 0 Å². The summed E-state index contributed by atoms with van der Waals surface area (Å²) in [6.45, 7) is 4.37. The summed E-state index contributed by atoms with van der Waals surface area (Å²) in [7, 11) is 0. The first-order valence-electron chi connectivity index (χ1n) is 6.21. The van der Waals surface area contributed by atoms with Crippen LogP contribution in [0.5, 0.6) is 0 Å². The van der Waals surface area contributed by atoms with Crippen LogP contribution in [0.2, 0.25) is 0 Å². The van der Waals surface area contributed by atoms with Gasteiger partial charge >= 0.3 is 0 Å². The highest BCUT2D eigenvalue weighted by atomic mass is 79.9. The lowest BCUT2D eigenvalue weighted by atomic mass is 10.0. The largest absolute Gasteiger partial charge is 0.312 e. The van der Waals surface area contributed by atoms with E-state index >= 15 is 0 Å². The summed E-state index contributed by atoms with van der Waals surface area (Å²) < 4.78 is 1.25. The Balaban J connectivity index is 1.64. The summed E-state index contributed by atoms with van der Waals surface area (Å²) in [4.78, 5) is 2.82. The van der Waals surface area contributed by atoms with E-state index in [0.29, 0.717) is 0 Å². The minimum Gasteiger partial charge on any atom is -0.312 e. The first kappa shape index (κ1) is 12.6. The maximum atomic E-state index is 3.56. The zero-order chi connectivity index (χ0) is 11.4. The van der Waals surface area contributed by atoms with Crippen LogP contribution in [0.25, 0.3) is 0 Å². The van der Waals surface area contributed by atoms with Crippen molar-refractivity contribution in [2.75, 3.05) is 6.54 Å². The van der Waals surface area contributed by atoms with Crippen molar-refractivity contribution in [1.82, 2.24) is 5.32 Å². The molecule has 2 rings (SSSR count). The molecule has 1 aromatic rings. The van der Waals surface area contributed by atoms with Gasteiger partial charge in [0, 0.05) is 20.8 Å². The molecule has 1 aromatic heterocycles. The summed E-state index contributed by atoms with van der Waals surface area (Å²) in [5, 5.41) is 3.56. The van der Waals surface area contributed by atoms with Crippen LogP contribution >= 0.6 is 27.3 Å². The molecule has 1 saturated carbocycles. The molecule has 1 heterocycles. The molecule has 0 unspecified atom stereocenters.